The smallest absolute Gasteiger partial charge is 0.407 e. The molecular formula is C7H13NO3. The van der Waals surface area contributed by atoms with Crippen molar-refractivity contribution in [3.05, 3.63) is 0 Å². The van der Waals surface area contributed by atoms with Gasteiger partial charge in [-0.3, -0.25) is 4.79 Å². The monoisotopic (exact) mass is 159 g/mol. The van der Waals surface area contributed by atoms with Crippen LogP contribution in [0.25, 0.3) is 0 Å². The van der Waals surface area contributed by atoms with Gasteiger partial charge in [-0.1, -0.05) is 0 Å². The molecule has 0 aliphatic heterocycles. The molecule has 1 atom stereocenters. The third-order valence-electron chi connectivity index (χ3n) is 1.22. The summed E-state index contributed by atoms with van der Waals surface area (Å²) >= 11 is 0. The van der Waals surface area contributed by atoms with Gasteiger partial charge in [0.15, 0.2) is 5.78 Å². The maximum absolute atomic E-state index is 10.7. The lowest BCUT2D eigenvalue weighted by Crippen LogP contribution is -2.37. The van der Waals surface area contributed by atoms with E-state index >= 15 is 0 Å². The summed E-state index contributed by atoms with van der Waals surface area (Å²) in [7, 11) is 0. The predicted molar refractivity (Wildman–Crippen MR) is 40.3 cm³/mol. The fourth-order valence-electron chi connectivity index (χ4n) is 0.451. The van der Waals surface area contributed by atoms with Crippen molar-refractivity contribution in [2.45, 2.75) is 26.8 Å². The largest absolute Gasteiger partial charge is 0.450 e. The van der Waals surface area contributed by atoms with Gasteiger partial charge in [-0.05, 0) is 20.8 Å². The molecule has 0 aromatic heterocycles. The number of hydrogen-bond acceptors (Lipinski definition) is 3. The van der Waals surface area contributed by atoms with Crippen LogP contribution < -0.4 is 5.32 Å². The maximum atomic E-state index is 10.7. The Labute approximate surface area is 65.9 Å². The molecule has 1 N–H and O–H groups in total. The lowest BCUT2D eigenvalue weighted by molar-refractivity contribution is -0.118. The van der Waals surface area contributed by atoms with Crippen molar-refractivity contribution in [2.75, 3.05) is 6.61 Å². The van der Waals surface area contributed by atoms with Gasteiger partial charge in [0.1, 0.15) is 0 Å². The lowest BCUT2D eigenvalue weighted by Gasteiger charge is -2.09. The van der Waals surface area contributed by atoms with Crippen molar-refractivity contribution < 1.29 is 14.3 Å². The van der Waals surface area contributed by atoms with Gasteiger partial charge in [0.25, 0.3) is 0 Å². The molecule has 1 amide bonds. The van der Waals surface area contributed by atoms with Crippen LogP contribution in [0.2, 0.25) is 0 Å². The molecular weight excluding hydrogens is 146 g/mol. The third-order valence-corrected chi connectivity index (χ3v) is 1.22. The average Bonchev–Trinajstić information content (AvgIpc) is 1.87. The van der Waals surface area contributed by atoms with Gasteiger partial charge in [-0.25, -0.2) is 4.79 Å². The molecule has 0 saturated carbocycles. The van der Waals surface area contributed by atoms with Crippen LogP contribution in [-0.2, 0) is 9.53 Å². The third kappa shape index (κ3) is 4.36. The summed E-state index contributed by atoms with van der Waals surface area (Å²) in [6.45, 7) is 5.05. The Morgan fingerprint density at radius 2 is 2.09 bits per heavy atom. The van der Waals surface area contributed by atoms with E-state index in [1.807, 2.05) is 0 Å². The van der Waals surface area contributed by atoms with Crippen molar-refractivity contribution in [1.82, 2.24) is 5.32 Å². The minimum Gasteiger partial charge on any atom is -0.450 e. The van der Waals surface area contributed by atoms with Gasteiger partial charge in [0.05, 0.1) is 12.6 Å². The second kappa shape index (κ2) is 4.71. The molecule has 64 valence electrons. The van der Waals surface area contributed by atoms with Crippen molar-refractivity contribution in [2.24, 2.45) is 0 Å². The zero-order chi connectivity index (χ0) is 8.85. The lowest BCUT2D eigenvalue weighted by atomic mass is 10.2. The van der Waals surface area contributed by atoms with Gasteiger partial charge in [0.2, 0.25) is 0 Å². The van der Waals surface area contributed by atoms with Gasteiger partial charge in [-0.15, -0.1) is 0 Å². The highest BCUT2D eigenvalue weighted by Crippen LogP contribution is 1.85. The van der Waals surface area contributed by atoms with Gasteiger partial charge < -0.3 is 10.1 Å². The van der Waals surface area contributed by atoms with Crippen molar-refractivity contribution in [3.63, 3.8) is 0 Å². The van der Waals surface area contributed by atoms with Crippen molar-refractivity contribution in [3.8, 4) is 0 Å². The van der Waals surface area contributed by atoms with E-state index in [4.69, 9.17) is 0 Å². The number of ketones is 1. The number of carbonyl (C=O) groups is 2. The summed E-state index contributed by atoms with van der Waals surface area (Å²) in [6, 6.07) is -0.464. The Bertz CT molecular complexity index is 156. The molecule has 11 heavy (non-hydrogen) atoms. The van der Waals surface area contributed by atoms with Crippen molar-refractivity contribution in [1.29, 1.82) is 0 Å². The molecule has 0 aromatic carbocycles. The maximum Gasteiger partial charge on any atom is 0.407 e. The Morgan fingerprint density at radius 1 is 1.55 bits per heavy atom. The summed E-state index contributed by atoms with van der Waals surface area (Å²) in [5.74, 6) is -0.0851. The van der Waals surface area contributed by atoms with Crippen LogP contribution in [0.1, 0.15) is 20.8 Å². The molecule has 0 radical (unpaired) electrons. The molecule has 0 saturated heterocycles. The minimum absolute atomic E-state index is 0.0851. The highest BCUT2D eigenvalue weighted by molar-refractivity contribution is 5.84. The minimum atomic E-state index is -0.546. The number of nitrogens with one attached hydrogen (secondary N) is 1. The molecule has 0 fully saturated rings. The number of amides is 1. The van der Waals surface area contributed by atoms with E-state index in [1.165, 1.54) is 6.92 Å². The average molecular weight is 159 g/mol. The second-order valence-electron chi connectivity index (χ2n) is 2.20. The van der Waals surface area contributed by atoms with Gasteiger partial charge in [-0.2, -0.15) is 0 Å². The number of carbonyl (C=O) groups excluding carboxylic acids is 2. The van der Waals surface area contributed by atoms with Crippen LogP contribution in [0.3, 0.4) is 0 Å². The van der Waals surface area contributed by atoms with Crippen LogP contribution in [0.15, 0.2) is 0 Å². The van der Waals surface area contributed by atoms with E-state index in [-0.39, 0.29) is 5.78 Å². The summed E-state index contributed by atoms with van der Waals surface area (Å²) in [4.78, 5) is 21.3. The molecule has 4 nitrogen and oxygen atoms in total. The second-order valence-corrected chi connectivity index (χ2v) is 2.20. The van der Waals surface area contributed by atoms with E-state index in [2.05, 4.69) is 10.1 Å². The number of hydrogen-bond donors (Lipinski definition) is 1. The number of rotatable bonds is 3. The first-order valence-corrected chi connectivity index (χ1v) is 3.51. The quantitative estimate of drug-likeness (QED) is 0.659. The fourth-order valence-corrected chi connectivity index (χ4v) is 0.451. The van der Waals surface area contributed by atoms with E-state index < -0.39 is 12.1 Å². The first-order valence-electron chi connectivity index (χ1n) is 3.51. The van der Waals surface area contributed by atoms with Crippen molar-refractivity contribution >= 4 is 11.9 Å². The fraction of sp³-hybridized carbons (Fsp3) is 0.714. The normalized spacial score (nSPS) is 11.9. The number of Topliss-reactive ketones (excluding diaryl/α,β-unsaturated/α-hetero) is 1. The van der Waals surface area contributed by atoms with Crippen LogP contribution in [0.5, 0.6) is 0 Å². The standard InChI is InChI=1S/C7H13NO3/c1-4-11-7(10)8-5(2)6(3)9/h5H,4H2,1-3H3,(H,8,10)/t5-/m1/s1. The summed E-state index contributed by atoms with van der Waals surface area (Å²) in [5.41, 5.74) is 0. The molecule has 0 spiro atoms. The molecule has 0 aliphatic carbocycles. The molecule has 4 heteroatoms. The SMILES string of the molecule is CCOC(=O)N[C@H](C)C(C)=O. The molecule has 0 rings (SSSR count). The molecule has 0 aromatic rings. The molecule has 0 unspecified atom stereocenters. The Morgan fingerprint density at radius 3 is 2.45 bits per heavy atom. The van der Waals surface area contributed by atoms with Crippen LogP contribution >= 0.6 is 0 Å². The van der Waals surface area contributed by atoms with Crippen LogP contribution in [0.4, 0.5) is 4.79 Å². The zero-order valence-corrected chi connectivity index (χ0v) is 7.01. The first kappa shape index (κ1) is 9.94. The predicted octanol–water partition coefficient (Wildman–Crippen LogP) is 0.710. The van der Waals surface area contributed by atoms with Crippen LogP contribution in [0, 0.1) is 0 Å². The van der Waals surface area contributed by atoms with E-state index in [0.29, 0.717) is 6.61 Å². The first-order chi connectivity index (χ1) is 5.07. The van der Waals surface area contributed by atoms with E-state index in [1.54, 1.807) is 13.8 Å². The van der Waals surface area contributed by atoms with E-state index in [0.717, 1.165) is 0 Å². The van der Waals surface area contributed by atoms with Gasteiger partial charge in [0, 0.05) is 0 Å². The zero-order valence-electron chi connectivity index (χ0n) is 7.01. The number of alkyl carbamates (subject to hydrolysis) is 1. The highest BCUT2D eigenvalue weighted by Gasteiger charge is 2.10. The Kier molecular flexibility index (Phi) is 4.26. The molecule has 0 aliphatic rings. The summed E-state index contributed by atoms with van der Waals surface area (Å²) < 4.78 is 4.56. The molecule has 0 bridgehead atoms. The Balaban J connectivity index is 3.66. The summed E-state index contributed by atoms with van der Waals surface area (Å²) in [5, 5.41) is 2.37. The number of ether oxygens (including phenoxy) is 1. The highest BCUT2D eigenvalue weighted by atomic mass is 16.5. The van der Waals surface area contributed by atoms with Gasteiger partial charge >= 0.3 is 6.09 Å². The Hall–Kier alpha value is -1.06. The topological polar surface area (TPSA) is 55.4 Å². The molecule has 0 heterocycles. The summed E-state index contributed by atoms with van der Waals surface area (Å²) in [6.07, 6.45) is -0.546. The van der Waals surface area contributed by atoms with Crippen LogP contribution in [-0.4, -0.2) is 24.5 Å². The van der Waals surface area contributed by atoms with E-state index in [9.17, 15) is 9.59 Å².